The van der Waals surface area contributed by atoms with Crippen molar-refractivity contribution >= 4 is 0 Å². The number of rotatable bonds is 3. The molecule has 0 aromatic heterocycles. The molecular weight excluding hydrogens is 267 g/mol. The van der Waals surface area contributed by atoms with E-state index in [0.717, 1.165) is 38.5 Å². The molecule has 0 atom stereocenters. The highest BCUT2D eigenvalue weighted by Gasteiger charge is 2.35. The Hall–Kier alpha value is -1.49. The fourth-order valence-corrected chi connectivity index (χ4v) is 2.73. The zero-order chi connectivity index (χ0) is 14.8. The van der Waals surface area contributed by atoms with E-state index in [4.69, 9.17) is 0 Å². The maximum atomic E-state index is 12.8. The van der Waals surface area contributed by atoms with Gasteiger partial charge in [0.2, 0.25) is 0 Å². The Labute approximate surface area is 116 Å². The van der Waals surface area contributed by atoms with Crippen LogP contribution in [0.1, 0.15) is 29.9 Å². The molecule has 2 rings (SSSR count). The number of hydrogen-bond acceptors (Lipinski definition) is 2. The summed E-state index contributed by atoms with van der Waals surface area (Å²) in [7, 11) is 0. The van der Waals surface area contributed by atoms with Crippen LogP contribution in [0.3, 0.4) is 0 Å². The number of nitrogens with zero attached hydrogens (tertiary/aromatic N) is 1. The van der Waals surface area contributed by atoms with Gasteiger partial charge in [-0.05, 0) is 43.5 Å². The molecule has 0 amide bonds. The first kappa shape index (κ1) is 14.9. The molecule has 0 spiro atoms. The third-order valence-electron chi connectivity index (χ3n) is 3.79. The van der Waals surface area contributed by atoms with Crippen LogP contribution in [-0.4, -0.2) is 29.6 Å². The minimum absolute atomic E-state index is 0.0154. The third kappa shape index (κ3) is 3.15. The number of phenolic OH excluding ortho intramolecular Hbond substituents is 1. The molecule has 1 aliphatic heterocycles. The van der Waals surface area contributed by atoms with Crippen LogP contribution in [0.4, 0.5) is 13.2 Å². The Morgan fingerprint density at radius 1 is 1.30 bits per heavy atom. The number of alkyl halides is 3. The fraction of sp³-hybridized carbons (Fsp3) is 0.467. The van der Waals surface area contributed by atoms with Gasteiger partial charge in [-0.2, -0.15) is 13.2 Å². The number of aromatic hydroxyl groups is 1. The maximum Gasteiger partial charge on any atom is 0.419 e. The monoisotopic (exact) mass is 285 g/mol. The van der Waals surface area contributed by atoms with E-state index in [1.54, 1.807) is 6.07 Å². The van der Waals surface area contributed by atoms with E-state index >= 15 is 0 Å². The van der Waals surface area contributed by atoms with Crippen LogP contribution in [0.25, 0.3) is 0 Å². The Balaban J connectivity index is 2.16. The van der Waals surface area contributed by atoms with Crippen LogP contribution in [0, 0.1) is 0 Å². The predicted molar refractivity (Wildman–Crippen MR) is 71.7 cm³/mol. The van der Waals surface area contributed by atoms with Gasteiger partial charge in [-0.15, -0.1) is 6.58 Å². The average molecular weight is 285 g/mol. The number of phenols is 1. The van der Waals surface area contributed by atoms with Gasteiger partial charge in [-0.1, -0.05) is 18.2 Å². The van der Waals surface area contributed by atoms with Crippen LogP contribution in [0.2, 0.25) is 0 Å². The summed E-state index contributed by atoms with van der Waals surface area (Å²) in [6.45, 7) is 6.09. The SMILES string of the molecule is C=CCN1CCC(c2cccc(C(F)(F)F)c2O)CC1. The van der Waals surface area contributed by atoms with Gasteiger partial charge in [0.25, 0.3) is 0 Å². The number of likely N-dealkylation sites (tertiary alicyclic amines) is 1. The molecule has 0 unspecified atom stereocenters. The zero-order valence-corrected chi connectivity index (χ0v) is 11.2. The first-order valence-electron chi connectivity index (χ1n) is 6.65. The van der Waals surface area contributed by atoms with Crippen molar-refractivity contribution in [2.45, 2.75) is 24.9 Å². The Bertz CT molecular complexity index is 476. The number of piperidine rings is 1. The smallest absolute Gasteiger partial charge is 0.419 e. The van der Waals surface area contributed by atoms with Crippen LogP contribution in [0.15, 0.2) is 30.9 Å². The predicted octanol–water partition coefficient (Wildman–Crippen LogP) is 3.78. The fourth-order valence-electron chi connectivity index (χ4n) is 2.73. The van der Waals surface area contributed by atoms with Crippen LogP contribution in [-0.2, 0) is 6.18 Å². The topological polar surface area (TPSA) is 23.5 Å². The minimum atomic E-state index is -4.51. The lowest BCUT2D eigenvalue weighted by molar-refractivity contribution is -0.138. The van der Waals surface area contributed by atoms with Crippen molar-refractivity contribution in [1.29, 1.82) is 0 Å². The highest BCUT2D eigenvalue weighted by atomic mass is 19.4. The van der Waals surface area contributed by atoms with Crippen molar-refractivity contribution in [2.24, 2.45) is 0 Å². The third-order valence-corrected chi connectivity index (χ3v) is 3.79. The molecule has 110 valence electrons. The molecule has 5 heteroatoms. The van der Waals surface area contributed by atoms with E-state index in [1.165, 1.54) is 6.07 Å². The Kier molecular flexibility index (Phi) is 4.38. The first-order valence-corrected chi connectivity index (χ1v) is 6.65. The summed E-state index contributed by atoms with van der Waals surface area (Å²) in [6, 6.07) is 3.89. The van der Waals surface area contributed by atoms with Gasteiger partial charge in [0.1, 0.15) is 5.75 Å². The molecule has 1 heterocycles. The molecule has 1 saturated heterocycles. The quantitative estimate of drug-likeness (QED) is 0.854. The summed E-state index contributed by atoms with van der Waals surface area (Å²) in [5.74, 6) is -0.625. The lowest BCUT2D eigenvalue weighted by Gasteiger charge is -2.32. The highest BCUT2D eigenvalue weighted by molar-refractivity contribution is 5.44. The molecule has 20 heavy (non-hydrogen) atoms. The van der Waals surface area contributed by atoms with Gasteiger partial charge in [-0.25, -0.2) is 0 Å². The molecule has 1 N–H and O–H groups in total. The summed E-state index contributed by atoms with van der Waals surface area (Å²) >= 11 is 0. The van der Waals surface area contributed by atoms with Gasteiger partial charge >= 0.3 is 6.18 Å². The van der Waals surface area contributed by atoms with Crippen LogP contribution >= 0.6 is 0 Å². The first-order chi connectivity index (χ1) is 9.43. The Morgan fingerprint density at radius 3 is 2.50 bits per heavy atom. The van der Waals surface area contributed by atoms with Crippen molar-refractivity contribution in [3.8, 4) is 5.75 Å². The summed E-state index contributed by atoms with van der Waals surface area (Å²) in [6.07, 6.45) is -1.18. The van der Waals surface area contributed by atoms with E-state index in [1.807, 2.05) is 6.08 Å². The molecule has 0 bridgehead atoms. The summed E-state index contributed by atoms with van der Waals surface area (Å²) < 4.78 is 38.3. The van der Waals surface area contributed by atoms with Gasteiger partial charge < -0.3 is 5.11 Å². The molecule has 1 aromatic carbocycles. The van der Waals surface area contributed by atoms with E-state index in [2.05, 4.69) is 11.5 Å². The molecule has 0 saturated carbocycles. The molecule has 1 fully saturated rings. The van der Waals surface area contributed by atoms with Gasteiger partial charge in [-0.3, -0.25) is 4.90 Å². The number of hydrogen-bond donors (Lipinski definition) is 1. The minimum Gasteiger partial charge on any atom is -0.507 e. The van der Waals surface area contributed by atoms with E-state index in [9.17, 15) is 18.3 Å². The van der Waals surface area contributed by atoms with Crippen molar-refractivity contribution in [3.05, 3.63) is 42.0 Å². The summed E-state index contributed by atoms with van der Waals surface area (Å²) in [4.78, 5) is 2.20. The lowest BCUT2D eigenvalue weighted by atomic mass is 9.87. The lowest BCUT2D eigenvalue weighted by Crippen LogP contribution is -2.33. The molecular formula is C15H18F3NO. The number of para-hydroxylation sites is 1. The van der Waals surface area contributed by atoms with Gasteiger partial charge in [0, 0.05) is 6.54 Å². The van der Waals surface area contributed by atoms with Crippen molar-refractivity contribution in [2.75, 3.05) is 19.6 Å². The summed E-state index contributed by atoms with van der Waals surface area (Å²) in [5, 5.41) is 9.90. The van der Waals surface area contributed by atoms with E-state index < -0.39 is 17.5 Å². The van der Waals surface area contributed by atoms with E-state index in [-0.39, 0.29) is 5.92 Å². The van der Waals surface area contributed by atoms with Gasteiger partial charge in [0.05, 0.1) is 5.56 Å². The average Bonchev–Trinajstić information content (AvgIpc) is 2.39. The van der Waals surface area contributed by atoms with Crippen molar-refractivity contribution < 1.29 is 18.3 Å². The highest BCUT2D eigenvalue weighted by Crippen LogP contribution is 2.41. The second-order valence-electron chi connectivity index (χ2n) is 5.10. The van der Waals surface area contributed by atoms with Crippen LogP contribution in [0.5, 0.6) is 5.75 Å². The van der Waals surface area contributed by atoms with Gasteiger partial charge in [0.15, 0.2) is 0 Å². The molecule has 0 radical (unpaired) electrons. The van der Waals surface area contributed by atoms with Crippen LogP contribution < -0.4 is 0 Å². The molecule has 1 aromatic rings. The number of benzene rings is 1. The molecule has 2 nitrogen and oxygen atoms in total. The standard InChI is InChI=1S/C15H18F3NO/c1-2-8-19-9-6-11(7-10-19)12-4-3-5-13(14(12)20)15(16,17)18/h2-5,11,20H,1,6-10H2. The second kappa shape index (κ2) is 5.87. The maximum absolute atomic E-state index is 12.8. The van der Waals surface area contributed by atoms with Crippen molar-refractivity contribution in [1.82, 2.24) is 4.90 Å². The largest absolute Gasteiger partial charge is 0.507 e. The normalized spacial score (nSPS) is 18.1. The Morgan fingerprint density at radius 2 is 1.95 bits per heavy atom. The zero-order valence-electron chi connectivity index (χ0n) is 11.2. The molecule has 1 aliphatic rings. The molecule has 0 aliphatic carbocycles. The second-order valence-corrected chi connectivity index (χ2v) is 5.10. The summed E-state index contributed by atoms with van der Waals surface area (Å²) in [5.41, 5.74) is -0.526. The number of halogens is 3. The van der Waals surface area contributed by atoms with E-state index in [0.29, 0.717) is 5.56 Å². The van der Waals surface area contributed by atoms with Crippen molar-refractivity contribution in [3.63, 3.8) is 0 Å².